The number of fused-ring (bicyclic) bond motifs is 1. The molecule has 4 aromatic carbocycles. The van der Waals surface area contributed by atoms with Crippen LogP contribution in [0.2, 0.25) is 0 Å². The normalized spacial score (nSPS) is 11.4. The lowest BCUT2D eigenvalue weighted by Gasteiger charge is -2.18. The summed E-state index contributed by atoms with van der Waals surface area (Å²) < 4.78 is 16.6. The van der Waals surface area contributed by atoms with Crippen LogP contribution in [0, 0.1) is 0 Å². The summed E-state index contributed by atoms with van der Waals surface area (Å²) in [4.78, 5) is 41.6. The summed E-state index contributed by atoms with van der Waals surface area (Å²) in [5.74, 6) is -0.483. The summed E-state index contributed by atoms with van der Waals surface area (Å²) in [5.41, 5.74) is 4.31. The Labute approximate surface area is 255 Å². The van der Waals surface area contributed by atoms with Crippen molar-refractivity contribution in [3.63, 3.8) is 0 Å². The standard InChI is InChI=1S/C35H33N3O6/c39-33(43-23-26-12-6-2-7-13-26)21-37-34(40)32(38-35(41)44-24-27-14-8-3-9-15-27)18-28-20-36-31-17-16-29(19-30(28)31)42-22-25-10-4-1-5-11-25/h1-17,19-20,32,36H,18,21-24H2,(H,37,40)(H,38,41)/t32-/m1/s1. The van der Waals surface area contributed by atoms with E-state index in [4.69, 9.17) is 14.2 Å². The van der Waals surface area contributed by atoms with E-state index in [9.17, 15) is 14.4 Å². The fraction of sp³-hybridized carbons (Fsp3) is 0.171. The number of amides is 2. The second kappa shape index (κ2) is 15.1. The lowest BCUT2D eigenvalue weighted by Crippen LogP contribution is -2.49. The number of aromatic nitrogens is 1. The van der Waals surface area contributed by atoms with Crippen molar-refractivity contribution in [1.29, 1.82) is 0 Å². The van der Waals surface area contributed by atoms with E-state index in [1.54, 1.807) is 6.20 Å². The predicted octanol–water partition coefficient (Wildman–Crippen LogP) is 5.44. The molecule has 0 saturated heterocycles. The Morgan fingerprint density at radius 1 is 0.705 bits per heavy atom. The molecule has 0 fully saturated rings. The van der Waals surface area contributed by atoms with Crippen LogP contribution in [-0.2, 0) is 45.3 Å². The summed E-state index contributed by atoms with van der Waals surface area (Å²) in [6.07, 6.45) is 1.16. The average Bonchev–Trinajstić information content (AvgIpc) is 3.47. The third-order valence-corrected chi connectivity index (χ3v) is 6.88. The minimum absolute atomic E-state index is 0.0437. The van der Waals surface area contributed by atoms with Gasteiger partial charge in [0.1, 0.15) is 38.2 Å². The van der Waals surface area contributed by atoms with E-state index in [0.29, 0.717) is 12.4 Å². The van der Waals surface area contributed by atoms with E-state index < -0.39 is 24.0 Å². The molecular weight excluding hydrogens is 558 g/mol. The van der Waals surface area contributed by atoms with Crippen LogP contribution in [0.15, 0.2) is 115 Å². The van der Waals surface area contributed by atoms with Gasteiger partial charge in [0.2, 0.25) is 5.91 Å². The first-order chi connectivity index (χ1) is 21.5. The van der Waals surface area contributed by atoms with Gasteiger partial charge in [0.15, 0.2) is 0 Å². The third kappa shape index (κ3) is 8.72. The topological polar surface area (TPSA) is 119 Å². The molecule has 0 radical (unpaired) electrons. The van der Waals surface area contributed by atoms with E-state index in [0.717, 1.165) is 33.2 Å². The number of benzene rings is 4. The Kier molecular flexibility index (Phi) is 10.2. The fourth-order valence-electron chi connectivity index (χ4n) is 4.56. The van der Waals surface area contributed by atoms with Crippen molar-refractivity contribution in [2.24, 2.45) is 0 Å². The van der Waals surface area contributed by atoms with Crippen LogP contribution in [0.1, 0.15) is 22.3 Å². The van der Waals surface area contributed by atoms with Gasteiger partial charge in [-0.1, -0.05) is 91.0 Å². The van der Waals surface area contributed by atoms with Crippen molar-refractivity contribution in [3.8, 4) is 5.75 Å². The largest absolute Gasteiger partial charge is 0.489 e. The second-order valence-corrected chi connectivity index (χ2v) is 10.1. The van der Waals surface area contributed by atoms with Gasteiger partial charge in [-0.05, 0) is 40.5 Å². The quantitative estimate of drug-likeness (QED) is 0.157. The third-order valence-electron chi connectivity index (χ3n) is 6.88. The first kappa shape index (κ1) is 29.9. The zero-order chi connectivity index (χ0) is 30.6. The van der Waals surface area contributed by atoms with Crippen molar-refractivity contribution in [1.82, 2.24) is 15.6 Å². The fourth-order valence-corrected chi connectivity index (χ4v) is 4.56. The van der Waals surface area contributed by atoms with E-state index in [-0.39, 0.29) is 26.2 Å². The highest BCUT2D eigenvalue weighted by Gasteiger charge is 2.24. The Morgan fingerprint density at radius 2 is 1.30 bits per heavy atom. The van der Waals surface area contributed by atoms with E-state index >= 15 is 0 Å². The number of ether oxygens (including phenoxy) is 3. The SMILES string of the molecule is O=C(CNC(=O)[C@@H](Cc1c[nH]c2ccc(OCc3ccccc3)cc12)NC(=O)OCc1ccccc1)OCc1ccccc1. The molecule has 0 aliphatic rings. The van der Waals surface area contributed by atoms with E-state index in [2.05, 4.69) is 15.6 Å². The molecule has 0 unspecified atom stereocenters. The van der Waals surface area contributed by atoms with Crippen LogP contribution >= 0.6 is 0 Å². The first-order valence-corrected chi connectivity index (χ1v) is 14.2. The molecule has 1 atom stereocenters. The van der Waals surface area contributed by atoms with Crippen LogP contribution in [0.4, 0.5) is 4.79 Å². The van der Waals surface area contributed by atoms with Crippen molar-refractivity contribution >= 4 is 28.9 Å². The Morgan fingerprint density at radius 3 is 1.93 bits per heavy atom. The Bertz CT molecular complexity index is 1670. The maximum Gasteiger partial charge on any atom is 0.408 e. The number of nitrogens with one attached hydrogen (secondary N) is 3. The molecule has 44 heavy (non-hydrogen) atoms. The zero-order valence-electron chi connectivity index (χ0n) is 24.0. The van der Waals surface area contributed by atoms with E-state index in [1.165, 1.54) is 0 Å². The molecule has 0 aliphatic carbocycles. The van der Waals surface area contributed by atoms with Crippen molar-refractivity contribution in [3.05, 3.63) is 138 Å². The van der Waals surface area contributed by atoms with Gasteiger partial charge in [0.25, 0.3) is 0 Å². The summed E-state index contributed by atoms with van der Waals surface area (Å²) in [7, 11) is 0. The highest BCUT2D eigenvalue weighted by molar-refractivity contribution is 5.90. The van der Waals surface area contributed by atoms with Crippen LogP contribution in [-0.4, -0.2) is 35.5 Å². The molecule has 1 heterocycles. The number of rotatable bonds is 13. The highest BCUT2D eigenvalue weighted by Crippen LogP contribution is 2.25. The summed E-state index contributed by atoms with van der Waals surface area (Å²) in [6.45, 7) is 0.190. The monoisotopic (exact) mass is 591 g/mol. The van der Waals surface area contributed by atoms with Gasteiger partial charge in [-0.3, -0.25) is 9.59 Å². The maximum absolute atomic E-state index is 13.3. The number of esters is 1. The summed E-state index contributed by atoms with van der Waals surface area (Å²) in [5, 5.41) is 6.09. The van der Waals surface area contributed by atoms with Gasteiger partial charge >= 0.3 is 12.1 Å². The van der Waals surface area contributed by atoms with Crippen LogP contribution in [0.25, 0.3) is 10.9 Å². The van der Waals surface area contributed by atoms with Crippen molar-refractivity contribution in [2.75, 3.05) is 6.54 Å². The molecule has 5 rings (SSSR count). The zero-order valence-corrected chi connectivity index (χ0v) is 24.0. The summed E-state index contributed by atoms with van der Waals surface area (Å²) >= 11 is 0. The van der Waals surface area contributed by atoms with Crippen molar-refractivity contribution in [2.45, 2.75) is 32.3 Å². The van der Waals surface area contributed by atoms with Gasteiger partial charge in [0.05, 0.1) is 0 Å². The molecule has 0 aliphatic heterocycles. The number of alkyl carbamates (subject to hydrolysis) is 1. The lowest BCUT2D eigenvalue weighted by molar-refractivity contribution is -0.145. The molecule has 3 N–H and O–H groups in total. The number of carbonyl (C=O) groups excluding carboxylic acids is 3. The van der Waals surface area contributed by atoms with E-state index in [1.807, 2.05) is 109 Å². The molecule has 9 heteroatoms. The lowest BCUT2D eigenvalue weighted by atomic mass is 10.0. The predicted molar refractivity (Wildman–Crippen MR) is 166 cm³/mol. The molecule has 0 bridgehead atoms. The maximum atomic E-state index is 13.3. The number of hydrogen-bond acceptors (Lipinski definition) is 6. The highest BCUT2D eigenvalue weighted by atomic mass is 16.5. The van der Waals surface area contributed by atoms with Gasteiger partial charge in [0, 0.05) is 23.5 Å². The van der Waals surface area contributed by atoms with Gasteiger partial charge in [-0.15, -0.1) is 0 Å². The molecule has 224 valence electrons. The molecule has 0 spiro atoms. The Hall–Kier alpha value is -5.57. The number of hydrogen-bond donors (Lipinski definition) is 3. The van der Waals surface area contributed by atoms with Crippen LogP contribution in [0.5, 0.6) is 5.75 Å². The van der Waals surface area contributed by atoms with Crippen LogP contribution < -0.4 is 15.4 Å². The number of aromatic amines is 1. The molecule has 2 amide bonds. The number of H-pyrrole nitrogens is 1. The van der Waals surface area contributed by atoms with Gasteiger partial charge < -0.3 is 29.8 Å². The minimum atomic E-state index is -1.03. The Balaban J connectivity index is 1.25. The number of carbonyl (C=O) groups is 3. The van der Waals surface area contributed by atoms with Gasteiger partial charge in [-0.2, -0.15) is 0 Å². The van der Waals surface area contributed by atoms with Crippen LogP contribution in [0.3, 0.4) is 0 Å². The molecule has 9 nitrogen and oxygen atoms in total. The van der Waals surface area contributed by atoms with Crippen molar-refractivity contribution < 1.29 is 28.6 Å². The summed E-state index contributed by atoms with van der Waals surface area (Å²) in [6, 6.07) is 33.0. The molecular formula is C35H33N3O6. The smallest absolute Gasteiger partial charge is 0.408 e. The average molecular weight is 592 g/mol. The molecule has 5 aromatic rings. The molecule has 1 aromatic heterocycles. The first-order valence-electron chi connectivity index (χ1n) is 14.2. The molecule has 0 saturated carbocycles. The minimum Gasteiger partial charge on any atom is -0.489 e. The second-order valence-electron chi connectivity index (χ2n) is 10.1. The van der Waals surface area contributed by atoms with Gasteiger partial charge in [-0.25, -0.2) is 4.79 Å².